The first kappa shape index (κ1) is 16.5. The molecule has 1 amide bonds. The van der Waals surface area contributed by atoms with Gasteiger partial charge in [0.25, 0.3) is 5.91 Å². The van der Waals surface area contributed by atoms with Gasteiger partial charge in [-0.05, 0) is 51.9 Å². The Morgan fingerprint density at radius 3 is 2.65 bits per heavy atom. The lowest BCUT2D eigenvalue weighted by Gasteiger charge is -2.32. The Kier molecular flexibility index (Phi) is 5.05. The van der Waals surface area contributed by atoms with Gasteiger partial charge in [0.2, 0.25) is 0 Å². The van der Waals surface area contributed by atoms with Crippen LogP contribution in [-0.4, -0.2) is 46.3 Å². The summed E-state index contributed by atoms with van der Waals surface area (Å²) in [5.74, 6) is 0.993. The third-order valence-corrected chi connectivity index (χ3v) is 5.43. The van der Waals surface area contributed by atoms with Crippen molar-refractivity contribution in [3.05, 3.63) is 17.5 Å². The number of amides is 1. The van der Waals surface area contributed by atoms with Crippen molar-refractivity contribution in [3.63, 3.8) is 0 Å². The lowest BCUT2D eigenvalue weighted by atomic mass is 10.0. The van der Waals surface area contributed by atoms with Gasteiger partial charge in [-0.3, -0.25) is 9.48 Å². The maximum atomic E-state index is 12.5. The van der Waals surface area contributed by atoms with Crippen LogP contribution < -0.4 is 5.32 Å². The number of likely N-dealkylation sites (tertiary alicyclic amines) is 1. The van der Waals surface area contributed by atoms with Crippen LogP contribution in [0.2, 0.25) is 0 Å². The van der Waals surface area contributed by atoms with E-state index in [2.05, 4.69) is 29.2 Å². The van der Waals surface area contributed by atoms with E-state index in [1.807, 2.05) is 11.6 Å². The van der Waals surface area contributed by atoms with E-state index >= 15 is 0 Å². The Hall–Kier alpha value is -1.36. The fourth-order valence-corrected chi connectivity index (χ4v) is 3.45. The van der Waals surface area contributed by atoms with Crippen LogP contribution in [0.15, 0.2) is 6.20 Å². The summed E-state index contributed by atoms with van der Waals surface area (Å²) in [6.07, 6.45) is 7.70. The molecule has 2 aliphatic rings. The van der Waals surface area contributed by atoms with Gasteiger partial charge in [-0.1, -0.05) is 6.92 Å². The van der Waals surface area contributed by atoms with Crippen molar-refractivity contribution in [2.75, 3.05) is 19.6 Å². The molecule has 1 atom stereocenters. The van der Waals surface area contributed by atoms with Crippen LogP contribution in [0.4, 0.5) is 0 Å². The van der Waals surface area contributed by atoms with E-state index in [4.69, 9.17) is 0 Å². The Morgan fingerprint density at radius 1 is 1.35 bits per heavy atom. The zero-order valence-electron chi connectivity index (χ0n) is 14.7. The molecule has 1 N–H and O–H groups in total. The van der Waals surface area contributed by atoms with Crippen LogP contribution in [0.1, 0.15) is 68.0 Å². The number of nitrogens with one attached hydrogen (secondary N) is 1. The van der Waals surface area contributed by atoms with Crippen molar-refractivity contribution in [2.24, 2.45) is 5.92 Å². The van der Waals surface area contributed by atoms with Gasteiger partial charge in [0, 0.05) is 37.4 Å². The first-order chi connectivity index (χ1) is 11.1. The second-order valence-corrected chi connectivity index (χ2v) is 7.34. The molecule has 1 saturated carbocycles. The van der Waals surface area contributed by atoms with Crippen molar-refractivity contribution in [1.82, 2.24) is 20.0 Å². The highest BCUT2D eigenvalue weighted by molar-refractivity contribution is 5.95. The molecule has 2 heterocycles. The van der Waals surface area contributed by atoms with Gasteiger partial charge in [0.05, 0.1) is 11.8 Å². The molecule has 0 unspecified atom stereocenters. The highest BCUT2D eigenvalue weighted by atomic mass is 16.1. The minimum Gasteiger partial charge on any atom is -0.349 e. The normalized spacial score (nSPS) is 21.3. The number of hydrogen-bond acceptors (Lipinski definition) is 3. The summed E-state index contributed by atoms with van der Waals surface area (Å²) in [4.78, 5) is 15.1. The summed E-state index contributed by atoms with van der Waals surface area (Å²) in [6, 6.07) is 0.645. The highest BCUT2D eigenvalue weighted by Gasteiger charge is 2.28. The molecule has 5 heteroatoms. The molecule has 2 fully saturated rings. The van der Waals surface area contributed by atoms with E-state index in [0.717, 1.165) is 49.5 Å². The fourth-order valence-electron chi connectivity index (χ4n) is 3.45. The second-order valence-electron chi connectivity index (χ2n) is 7.34. The number of carbonyl (C=O) groups excluding carboxylic acids is 1. The molecular weight excluding hydrogens is 288 g/mol. The van der Waals surface area contributed by atoms with Gasteiger partial charge in [0.1, 0.15) is 0 Å². The topological polar surface area (TPSA) is 50.2 Å². The van der Waals surface area contributed by atoms with Gasteiger partial charge < -0.3 is 10.2 Å². The Balaban J connectivity index is 1.52. The van der Waals surface area contributed by atoms with E-state index in [1.165, 1.54) is 19.4 Å². The van der Waals surface area contributed by atoms with E-state index < -0.39 is 0 Å². The van der Waals surface area contributed by atoms with Crippen LogP contribution in [0.5, 0.6) is 0 Å². The molecule has 0 radical (unpaired) electrons. The molecule has 1 aromatic rings. The predicted octanol–water partition coefficient (Wildman–Crippen LogP) is 2.77. The van der Waals surface area contributed by atoms with Crippen molar-refractivity contribution < 1.29 is 4.79 Å². The molecule has 23 heavy (non-hydrogen) atoms. The van der Waals surface area contributed by atoms with Crippen LogP contribution in [0, 0.1) is 12.8 Å². The van der Waals surface area contributed by atoms with Gasteiger partial charge >= 0.3 is 0 Å². The van der Waals surface area contributed by atoms with Gasteiger partial charge in [-0.2, -0.15) is 5.10 Å². The van der Waals surface area contributed by atoms with Crippen molar-refractivity contribution in [1.29, 1.82) is 0 Å². The predicted molar refractivity (Wildman–Crippen MR) is 91.6 cm³/mol. The molecule has 128 valence electrons. The summed E-state index contributed by atoms with van der Waals surface area (Å²) in [5.41, 5.74) is 1.70. The number of nitrogens with zero attached hydrogens (tertiary/aromatic N) is 3. The molecular formula is C18H30N4O. The lowest BCUT2D eigenvalue weighted by molar-refractivity contribution is 0.0909. The Morgan fingerprint density at radius 2 is 2.04 bits per heavy atom. The maximum absolute atomic E-state index is 12.5. The van der Waals surface area contributed by atoms with E-state index in [9.17, 15) is 4.79 Å². The zero-order valence-corrected chi connectivity index (χ0v) is 14.7. The smallest absolute Gasteiger partial charge is 0.254 e. The third-order valence-electron chi connectivity index (χ3n) is 5.43. The van der Waals surface area contributed by atoms with E-state index in [1.54, 1.807) is 6.20 Å². The van der Waals surface area contributed by atoms with Crippen LogP contribution in [0.25, 0.3) is 0 Å². The average molecular weight is 318 g/mol. The molecule has 3 rings (SSSR count). The number of hydrogen-bond donors (Lipinski definition) is 1. The number of aromatic nitrogens is 2. The minimum atomic E-state index is 0.0395. The first-order valence-electron chi connectivity index (χ1n) is 9.15. The number of rotatable bonds is 6. The van der Waals surface area contributed by atoms with Crippen LogP contribution >= 0.6 is 0 Å². The Labute approximate surface area is 139 Å². The standard InChI is InChI=1S/C18H30N4O/c1-4-13(2)22-14(3)17(11-19-22)18(23)20-16-7-9-21(10-8-16)12-15-5-6-15/h11,13,15-16H,4-10,12H2,1-3H3,(H,20,23)/t13-/m1/s1. The molecule has 1 aromatic heterocycles. The number of piperidine rings is 1. The van der Waals surface area contributed by atoms with Gasteiger partial charge in [-0.15, -0.1) is 0 Å². The average Bonchev–Trinajstić information content (AvgIpc) is 3.28. The zero-order chi connectivity index (χ0) is 16.4. The summed E-state index contributed by atoms with van der Waals surface area (Å²) < 4.78 is 1.97. The second kappa shape index (κ2) is 7.04. The highest BCUT2D eigenvalue weighted by Crippen LogP contribution is 2.30. The molecule has 0 spiro atoms. The van der Waals surface area contributed by atoms with Crippen molar-refractivity contribution in [3.8, 4) is 0 Å². The summed E-state index contributed by atoms with van der Waals surface area (Å²) in [6.45, 7) is 9.77. The lowest BCUT2D eigenvalue weighted by Crippen LogP contribution is -2.45. The molecule has 1 saturated heterocycles. The maximum Gasteiger partial charge on any atom is 0.254 e. The summed E-state index contributed by atoms with van der Waals surface area (Å²) in [5, 5.41) is 7.62. The first-order valence-corrected chi connectivity index (χ1v) is 9.15. The molecule has 0 bridgehead atoms. The fraction of sp³-hybridized carbons (Fsp3) is 0.778. The largest absolute Gasteiger partial charge is 0.349 e. The quantitative estimate of drug-likeness (QED) is 0.877. The van der Waals surface area contributed by atoms with Crippen LogP contribution in [-0.2, 0) is 0 Å². The molecule has 1 aliphatic heterocycles. The number of carbonyl (C=O) groups is 1. The Bertz CT molecular complexity index is 541. The van der Waals surface area contributed by atoms with Gasteiger partial charge in [-0.25, -0.2) is 0 Å². The minimum absolute atomic E-state index is 0.0395. The summed E-state index contributed by atoms with van der Waals surface area (Å²) in [7, 11) is 0. The molecule has 5 nitrogen and oxygen atoms in total. The van der Waals surface area contributed by atoms with Gasteiger partial charge in [0.15, 0.2) is 0 Å². The molecule has 0 aromatic carbocycles. The SMILES string of the molecule is CC[C@@H](C)n1ncc(C(=O)NC2CCN(CC3CC3)CC2)c1C. The van der Waals surface area contributed by atoms with Crippen LogP contribution in [0.3, 0.4) is 0 Å². The van der Waals surface area contributed by atoms with E-state index in [0.29, 0.717) is 12.1 Å². The molecule has 1 aliphatic carbocycles. The third kappa shape index (κ3) is 3.94. The van der Waals surface area contributed by atoms with E-state index in [-0.39, 0.29) is 5.91 Å². The monoisotopic (exact) mass is 318 g/mol. The summed E-state index contributed by atoms with van der Waals surface area (Å²) >= 11 is 0. The van der Waals surface area contributed by atoms with Crippen molar-refractivity contribution in [2.45, 2.75) is 65.0 Å². The van der Waals surface area contributed by atoms with Crippen molar-refractivity contribution >= 4 is 5.91 Å².